The van der Waals surface area contributed by atoms with Crippen LogP contribution in [0.3, 0.4) is 0 Å². The van der Waals surface area contributed by atoms with Crippen LogP contribution in [-0.4, -0.2) is 0 Å². The van der Waals surface area contributed by atoms with Gasteiger partial charge >= 0.3 is 0 Å². The van der Waals surface area contributed by atoms with Crippen LogP contribution in [0.5, 0.6) is 0 Å². The van der Waals surface area contributed by atoms with E-state index in [4.69, 9.17) is 0 Å². The lowest BCUT2D eigenvalue weighted by Crippen LogP contribution is -1.69. The van der Waals surface area contributed by atoms with Gasteiger partial charge in [-0.1, -0.05) is 0 Å². The summed E-state index contributed by atoms with van der Waals surface area (Å²) in [4.78, 5) is 2.74. The van der Waals surface area contributed by atoms with Crippen LogP contribution in [0.15, 0.2) is 27.4 Å². The van der Waals surface area contributed by atoms with Gasteiger partial charge in [0.1, 0.15) is 0 Å². The van der Waals surface area contributed by atoms with Gasteiger partial charge in [-0.25, -0.2) is 0 Å². The first-order chi connectivity index (χ1) is 5.79. The third kappa shape index (κ3) is 1.37. The first kappa shape index (κ1) is 8.48. The highest BCUT2D eigenvalue weighted by atomic mass is 79.9. The molecular formula is C9H7BrS2. The SMILES string of the molecule is Cc1ccsc1-c1sccc1Br. The van der Waals surface area contributed by atoms with Gasteiger partial charge in [0.15, 0.2) is 0 Å². The van der Waals surface area contributed by atoms with E-state index in [1.165, 1.54) is 19.8 Å². The van der Waals surface area contributed by atoms with E-state index in [9.17, 15) is 0 Å². The molecule has 0 saturated heterocycles. The van der Waals surface area contributed by atoms with Crippen molar-refractivity contribution < 1.29 is 0 Å². The molecule has 0 nitrogen and oxygen atoms in total. The smallest absolute Gasteiger partial charge is 0.0587 e. The number of hydrogen-bond donors (Lipinski definition) is 0. The van der Waals surface area contributed by atoms with Gasteiger partial charge in [-0.3, -0.25) is 0 Å². The lowest BCUT2D eigenvalue weighted by Gasteiger charge is -1.95. The summed E-state index contributed by atoms with van der Waals surface area (Å²) >= 11 is 7.13. The van der Waals surface area contributed by atoms with Gasteiger partial charge in [0.2, 0.25) is 0 Å². The first-order valence-corrected chi connectivity index (χ1v) is 6.11. The molecule has 0 aliphatic carbocycles. The van der Waals surface area contributed by atoms with Crippen LogP contribution in [-0.2, 0) is 0 Å². The van der Waals surface area contributed by atoms with E-state index >= 15 is 0 Å². The molecule has 62 valence electrons. The van der Waals surface area contributed by atoms with Crippen molar-refractivity contribution in [2.75, 3.05) is 0 Å². The lowest BCUT2D eigenvalue weighted by molar-refractivity contribution is 1.55. The minimum Gasteiger partial charge on any atom is -0.143 e. The molecule has 0 aromatic carbocycles. The van der Waals surface area contributed by atoms with Crippen molar-refractivity contribution in [1.29, 1.82) is 0 Å². The second-order valence-electron chi connectivity index (χ2n) is 2.53. The Morgan fingerprint density at radius 1 is 1.08 bits per heavy atom. The van der Waals surface area contributed by atoms with Crippen molar-refractivity contribution in [2.24, 2.45) is 0 Å². The first-order valence-electron chi connectivity index (χ1n) is 3.56. The van der Waals surface area contributed by atoms with E-state index in [-0.39, 0.29) is 0 Å². The summed E-state index contributed by atoms with van der Waals surface area (Å²) in [7, 11) is 0. The van der Waals surface area contributed by atoms with Crippen LogP contribution in [0.1, 0.15) is 5.56 Å². The van der Waals surface area contributed by atoms with Crippen LogP contribution in [0.2, 0.25) is 0 Å². The van der Waals surface area contributed by atoms with Crippen molar-refractivity contribution in [3.05, 3.63) is 32.9 Å². The number of hydrogen-bond acceptors (Lipinski definition) is 2. The van der Waals surface area contributed by atoms with Crippen LogP contribution >= 0.6 is 38.6 Å². The predicted molar refractivity (Wildman–Crippen MR) is 60.1 cm³/mol. The van der Waals surface area contributed by atoms with Gasteiger partial charge < -0.3 is 0 Å². The predicted octanol–water partition coefficient (Wildman–Crippen LogP) is 4.55. The second-order valence-corrected chi connectivity index (χ2v) is 5.22. The molecule has 0 saturated carbocycles. The molecule has 0 amide bonds. The summed E-state index contributed by atoms with van der Waals surface area (Å²) in [5.74, 6) is 0. The van der Waals surface area contributed by atoms with Gasteiger partial charge in [-0.15, -0.1) is 22.7 Å². The second kappa shape index (κ2) is 3.32. The van der Waals surface area contributed by atoms with E-state index < -0.39 is 0 Å². The highest BCUT2D eigenvalue weighted by Crippen LogP contribution is 2.38. The van der Waals surface area contributed by atoms with Gasteiger partial charge in [0.05, 0.1) is 4.88 Å². The van der Waals surface area contributed by atoms with Gasteiger partial charge in [-0.05, 0) is 51.3 Å². The summed E-state index contributed by atoms with van der Waals surface area (Å²) in [6, 6.07) is 4.26. The third-order valence-corrected chi connectivity index (χ3v) is 4.70. The molecule has 2 rings (SSSR count). The Bertz CT molecular complexity index is 348. The Hall–Kier alpha value is -0.120. The molecule has 0 aliphatic rings. The maximum absolute atomic E-state index is 3.54. The normalized spacial score (nSPS) is 10.5. The van der Waals surface area contributed by atoms with Crippen molar-refractivity contribution in [3.63, 3.8) is 0 Å². The summed E-state index contributed by atoms with van der Waals surface area (Å²) in [5.41, 5.74) is 1.36. The molecule has 0 spiro atoms. The highest BCUT2D eigenvalue weighted by Gasteiger charge is 2.07. The fraction of sp³-hybridized carbons (Fsp3) is 0.111. The van der Waals surface area contributed by atoms with E-state index in [1.54, 1.807) is 22.7 Å². The summed E-state index contributed by atoms with van der Waals surface area (Å²) in [6.45, 7) is 2.15. The molecule has 2 heterocycles. The molecule has 0 atom stereocenters. The number of halogens is 1. The summed E-state index contributed by atoms with van der Waals surface area (Å²) in [6.07, 6.45) is 0. The molecule has 3 heteroatoms. The maximum Gasteiger partial charge on any atom is 0.0587 e. The summed E-state index contributed by atoms with van der Waals surface area (Å²) < 4.78 is 1.21. The molecule has 0 bridgehead atoms. The van der Waals surface area contributed by atoms with E-state index in [2.05, 4.69) is 45.7 Å². The quantitative estimate of drug-likeness (QED) is 0.704. The highest BCUT2D eigenvalue weighted by molar-refractivity contribution is 9.10. The Morgan fingerprint density at radius 2 is 1.75 bits per heavy atom. The standard InChI is InChI=1S/C9H7BrS2/c1-6-2-4-11-8(6)9-7(10)3-5-12-9/h2-5H,1H3. The molecule has 0 radical (unpaired) electrons. The molecule has 0 unspecified atom stereocenters. The fourth-order valence-corrected chi connectivity index (χ4v) is 3.93. The molecular weight excluding hydrogens is 252 g/mol. The van der Waals surface area contributed by atoms with Crippen molar-refractivity contribution >= 4 is 38.6 Å². The van der Waals surface area contributed by atoms with Crippen LogP contribution in [0.25, 0.3) is 9.75 Å². The van der Waals surface area contributed by atoms with Gasteiger partial charge in [-0.2, -0.15) is 0 Å². The van der Waals surface area contributed by atoms with E-state index in [0.29, 0.717) is 0 Å². The molecule has 12 heavy (non-hydrogen) atoms. The van der Waals surface area contributed by atoms with Gasteiger partial charge in [0.25, 0.3) is 0 Å². The molecule has 2 aromatic heterocycles. The van der Waals surface area contributed by atoms with Gasteiger partial charge in [0, 0.05) is 9.35 Å². The topological polar surface area (TPSA) is 0 Å². The number of thiophene rings is 2. The van der Waals surface area contributed by atoms with E-state index in [1.807, 2.05) is 0 Å². The van der Waals surface area contributed by atoms with Crippen LogP contribution in [0, 0.1) is 6.92 Å². The largest absolute Gasteiger partial charge is 0.143 e. The average Bonchev–Trinajstić information content (AvgIpc) is 2.59. The minimum atomic E-state index is 1.21. The van der Waals surface area contributed by atoms with Crippen molar-refractivity contribution in [1.82, 2.24) is 0 Å². The Balaban J connectivity index is 2.57. The third-order valence-electron chi connectivity index (χ3n) is 1.69. The van der Waals surface area contributed by atoms with Crippen molar-refractivity contribution in [2.45, 2.75) is 6.92 Å². The molecule has 0 fully saturated rings. The van der Waals surface area contributed by atoms with Crippen LogP contribution < -0.4 is 0 Å². The molecule has 2 aromatic rings. The van der Waals surface area contributed by atoms with Crippen molar-refractivity contribution in [3.8, 4) is 9.75 Å². The monoisotopic (exact) mass is 258 g/mol. The zero-order valence-electron chi connectivity index (χ0n) is 6.50. The average molecular weight is 259 g/mol. The Kier molecular flexibility index (Phi) is 2.35. The maximum atomic E-state index is 3.54. The Labute approximate surface area is 88.0 Å². The number of aryl methyl sites for hydroxylation is 1. The van der Waals surface area contributed by atoms with E-state index in [0.717, 1.165) is 0 Å². The minimum absolute atomic E-state index is 1.21. The lowest BCUT2D eigenvalue weighted by atomic mass is 10.2. The fourth-order valence-electron chi connectivity index (χ4n) is 1.06. The zero-order chi connectivity index (χ0) is 8.55. The summed E-state index contributed by atoms with van der Waals surface area (Å²) in [5, 5.41) is 4.25. The number of rotatable bonds is 1. The molecule has 0 aliphatic heterocycles. The Morgan fingerprint density at radius 3 is 2.25 bits per heavy atom. The molecule has 0 N–H and O–H groups in total. The van der Waals surface area contributed by atoms with Crippen LogP contribution in [0.4, 0.5) is 0 Å². The zero-order valence-corrected chi connectivity index (χ0v) is 9.72.